The molecule has 1 aliphatic heterocycles. The first-order chi connectivity index (χ1) is 7.55. The first-order valence-electron chi connectivity index (χ1n) is 4.88. The molecule has 1 aromatic rings. The number of halogens is 3. The van der Waals surface area contributed by atoms with Gasteiger partial charge in [-0.3, -0.25) is 0 Å². The Morgan fingerprint density at radius 2 is 2.19 bits per heavy atom. The molecule has 2 nitrogen and oxygen atoms in total. The van der Waals surface area contributed by atoms with Gasteiger partial charge >= 0.3 is 6.18 Å². The third kappa shape index (κ3) is 2.66. The minimum atomic E-state index is -4.36. The Labute approximate surface area is 91.0 Å². The third-order valence-electron chi connectivity index (χ3n) is 2.32. The van der Waals surface area contributed by atoms with Gasteiger partial charge in [-0.1, -0.05) is 0 Å². The zero-order chi connectivity index (χ0) is 11.6. The van der Waals surface area contributed by atoms with Gasteiger partial charge < -0.3 is 9.47 Å². The molecule has 5 heteroatoms. The fraction of sp³-hybridized carbons (Fsp3) is 0.455. The minimum absolute atomic E-state index is 0.00884. The normalized spacial score (nSPS) is 20.3. The SMILES string of the molecule is FC(F)(F)c1c[c]cc(OCC2CCO2)c1. The Morgan fingerprint density at radius 1 is 1.44 bits per heavy atom. The predicted molar refractivity (Wildman–Crippen MR) is 50.1 cm³/mol. The lowest BCUT2D eigenvalue weighted by Crippen LogP contribution is -2.32. The molecule has 1 aliphatic rings. The summed E-state index contributed by atoms with van der Waals surface area (Å²) in [7, 11) is 0. The smallest absolute Gasteiger partial charge is 0.416 e. The van der Waals surface area contributed by atoms with E-state index in [-0.39, 0.29) is 18.5 Å². The Morgan fingerprint density at radius 3 is 2.75 bits per heavy atom. The second kappa shape index (κ2) is 4.33. The van der Waals surface area contributed by atoms with Crippen LogP contribution in [0.5, 0.6) is 5.75 Å². The highest BCUT2D eigenvalue weighted by Gasteiger charge is 2.30. The van der Waals surface area contributed by atoms with Gasteiger partial charge in [-0.25, -0.2) is 0 Å². The lowest BCUT2D eigenvalue weighted by atomic mass is 10.2. The van der Waals surface area contributed by atoms with Gasteiger partial charge in [-0.2, -0.15) is 13.2 Å². The topological polar surface area (TPSA) is 18.5 Å². The minimum Gasteiger partial charge on any atom is -0.491 e. The standard InChI is InChI=1S/C11H10F3O2/c12-11(13,14)8-2-1-3-9(6-8)16-7-10-4-5-15-10/h2-3,6,10H,4-5,7H2. The van der Waals surface area contributed by atoms with Crippen LogP contribution in [0.4, 0.5) is 13.2 Å². The predicted octanol–water partition coefficient (Wildman–Crippen LogP) is 2.67. The third-order valence-corrected chi connectivity index (χ3v) is 2.32. The van der Waals surface area contributed by atoms with Crippen LogP contribution in [-0.4, -0.2) is 19.3 Å². The maximum absolute atomic E-state index is 12.3. The quantitative estimate of drug-likeness (QED) is 0.796. The molecule has 1 aromatic carbocycles. The summed E-state index contributed by atoms with van der Waals surface area (Å²) < 4.78 is 47.3. The van der Waals surface area contributed by atoms with Crippen molar-refractivity contribution < 1.29 is 22.6 Å². The second-order valence-electron chi connectivity index (χ2n) is 3.55. The number of rotatable bonds is 3. The molecule has 0 N–H and O–H groups in total. The van der Waals surface area contributed by atoms with E-state index in [1.807, 2.05) is 0 Å². The van der Waals surface area contributed by atoms with E-state index in [2.05, 4.69) is 6.07 Å². The highest BCUT2D eigenvalue weighted by atomic mass is 19.4. The van der Waals surface area contributed by atoms with Gasteiger partial charge in [0.05, 0.1) is 11.7 Å². The molecule has 1 heterocycles. The Kier molecular flexibility index (Phi) is 3.05. The summed E-state index contributed by atoms with van der Waals surface area (Å²) >= 11 is 0. The van der Waals surface area contributed by atoms with Crippen LogP contribution in [-0.2, 0) is 10.9 Å². The van der Waals surface area contributed by atoms with Crippen molar-refractivity contribution >= 4 is 0 Å². The van der Waals surface area contributed by atoms with Crippen LogP contribution in [0.1, 0.15) is 12.0 Å². The Hall–Kier alpha value is -1.23. The fourth-order valence-corrected chi connectivity index (χ4v) is 1.30. The van der Waals surface area contributed by atoms with E-state index in [0.29, 0.717) is 6.61 Å². The molecule has 87 valence electrons. The van der Waals surface area contributed by atoms with Gasteiger partial charge in [0.1, 0.15) is 12.4 Å². The van der Waals surface area contributed by atoms with E-state index < -0.39 is 11.7 Å². The van der Waals surface area contributed by atoms with Crippen molar-refractivity contribution in [3.63, 3.8) is 0 Å². The lowest BCUT2D eigenvalue weighted by Gasteiger charge is -2.26. The van der Waals surface area contributed by atoms with Crippen molar-refractivity contribution in [1.29, 1.82) is 0 Å². The van der Waals surface area contributed by atoms with Gasteiger partial charge in [-0.15, -0.1) is 0 Å². The van der Waals surface area contributed by atoms with E-state index in [1.165, 1.54) is 6.07 Å². The molecular formula is C11H10F3O2. The van der Waals surface area contributed by atoms with Crippen LogP contribution < -0.4 is 4.74 Å². The van der Waals surface area contributed by atoms with Crippen molar-refractivity contribution in [3.8, 4) is 5.75 Å². The number of alkyl halides is 3. The van der Waals surface area contributed by atoms with E-state index in [9.17, 15) is 13.2 Å². The number of ether oxygens (including phenoxy) is 2. The van der Waals surface area contributed by atoms with E-state index in [4.69, 9.17) is 9.47 Å². The van der Waals surface area contributed by atoms with Gasteiger partial charge in [-0.05, 0) is 24.3 Å². The van der Waals surface area contributed by atoms with Crippen LogP contribution in [0.15, 0.2) is 18.2 Å². The van der Waals surface area contributed by atoms with Crippen molar-refractivity contribution in [2.45, 2.75) is 18.7 Å². The molecule has 1 radical (unpaired) electrons. The lowest BCUT2D eigenvalue weighted by molar-refractivity contribution is -0.137. The number of hydrogen-bond acceptors (Lipinski definition) is 2. The molecule has 0 aromatic heterocycles. The van der Waals surface area contributed by atoms with Crippen LogP contribution in [0, 0.1) is 6.07 Å². The first-order valence-corrected chi connectivity index (χ1v) is 4.88. The van der Waals surface area contributed by atoms with E-state index in [1.54, 1.807) is 0 Å². The highest BCUT2D eigenvalue weighted by molar-refractivity contribution is 5.29. The summed E-state index contributed by atoms with van der Waals surface area (Å²) in [5.74, 6) is 0.172. The molecule has 0 bridgehead atoms. The summed E-state index contributed by atoms with van der Waals surface area (Å²) in [5, 5.41) is 0. The second-order valence-corrected chi connectivity index (χ2v) is 3.55. The molecule has 0 amide bonds. The van der Waals surface area contributed by atoms with Crippen molar-refractivity contribution in [1.82, 2.24) is 0 Å². The van der Waals surface area contributed by atoms with Crippen LogP contribution >= 0.6 is 0 Å². The van der Waals surface area contributed by atoms with E-state index in [0.717, 1.165) is 18.6 Å². The fourth-order valence-electron chi connectivity index (χ4n) is 1.30. The number of benzene rings is 1. The van der Waals surface area contributed by atoms with Crippen molar-refractivity contribution in [2.24, 2.45) is 0 Å². The van der Waals surface area contributed by atoms with Crippen LogP contribution in [0.2, 0.25) is 0 Å². The molecule has 0 aliphatic carbocycles. The molecule has 16 heavy (non-hydrogen) atoms. The molecule has 1 atom stereocenters. The zero-order valence-corrected chi connectivity index (χ0v) is 8.38. The Balaban J connectivity index is 1.98. The van der Waals surface area contributed by atoms with Crippen molar-refractivity contribution in [2.75, 3.05) is 13.2 Å². The maximum Gasteiger partial charge on any atom is 0.416 e. The van der Waals surface area contributed by atoms with Gasteiger partial charge in [0.25, 0.3) is 0 Å². The average Bonchev–Trinajstić information content (AvgIpc) is 2.14. The van der Waals surface area contributed by atoms with Crippen molar-refractivity contribution in [3.05, 3.63) is 29.8 Å². The monoisotopic (exact) mass is 231 g/mol. The Bertz CT molecular complexity index is 358. The maximum atomic E-state index is 12.3. The summed E-state index contributed by atoms with van der Waals surface area (Å²) in [6.07, 6.45) is -3.46. The van der Waals surface area contributed by atoms with Crippen LogP contribution in [0.25, 0.3) is 0 Å². The summed E-state index contributed by atoms with van der Waals surface area (Å²) in [6.45, 7) is 0.984. The zero-order valence-electron chi connectivity index (χ0n) is 8.38. The van der Waals surface area contributed by atoms with Gasteiger partial charge in [0, 0.05) is 13.0 Å². The summed E-state index contributed by atoms with van der Waals surface area (Å²) in [6, 6.07) is 5.66. The summed E-state index contributed by atoms with van der Waals surface area (Å²) in [4.78, 5) is 0. The molecule has 0 spiro atoms. The summed E-state index contributed by atoms with van der Waals surface area (Å²) in [5.41, 5.74) is -0.750. The average molecular weight is 231 g/mol. The van der Waals surface area contributed by atoms with Gasteiger partial charge in [0.15, 0.2) is 0 Å². The molecular weight excluding hydrogens is 221 g/mol. The molecule has 1 saturated heterocycles. The number of hydrogen-bond donors (Lipinski definition) is 0. The van der Waals surface area contributed by atoms with E-state index >= 15 is 0 Å². The molecule has 1 fully saturated rings. The first kappa shape index (κ1) is 11.3. The van der Waals surface area contributed by atoms with Crippen LogP contribution in [0.3, 0.4) is 0 Å². The molecule has 1 unspecified atom stereocenters. The molecule has 0 saturated carbocycles. The molecule has 2 rings (SSSR count). The largest absolute Gasteiger partial charge is 0.491 e. The van der Waals surface area contributed by atoms with Gasteiger partial charge in [0.2, 0.25) is 0 Å². The highest BCUT2D eigenvalue weighted by Crippen LogP contribution is 2.31.